The van der Waals surface area contributed by atoms with E-state index in [0.717, 1.165) is 5.56 Å². The first-order valence-electron chi connectivity index (χ1n) is 3.16. The van der Waals surface area contributed by atoms with Gasteiger partial charge in [0.2, 0.25) is 0 Å². The first-order valence-corrected chi connectivity index (χ1v) is 3.16. The fourth-order valence-electron chi connectivity index (χ4n) is 0.907. The van der Waals surface area contributed by atoms with Gasteiger partial charge in [-0.2, -0.15) is 11.3 Å². The van der Waals surface area contributed by atoms with Crippen molar-refractivity contribution >= 4 is 6.29 Å². The standard InChI is InChI=1S/C9H6NO.Y/c1-7-2-8(5-10)4-9(3-7)6-11;/h2-4H,1H3;/q-1;. The maximum atomic E-state index is 10.2. The van der Waals surface area contributed by atoms with Crippen LogP contribution in [-0.2, 0) is 37.5 Å². The molecule has 2 nitrogen and oxygen atoms in total. The van der Waals surface area contributed by atoms with Gasteiger partial charge in [0.25, 0.3) is 0 Å². The topological polar surface area (TPSA) is 40.9 Å². The van der Waals surface area contributed by atoms with Crippen LogP contribution in [0.15, 0.2) is 18.2 Å². The van der Waals surface area contributed by atoms with E-state index in [1.54, 1.807) is 18.4 Å². The van der Waals surface area contributed by atoms with Crippen molar-refractivity contribution in [3.05, 3.63) is 34.9 Å². The molecule has 12 heavy (non-hydrogen) atoms. The summed E-state index contributed by atoms with van der Waals surface area (Å²) < 4.78 is 0. The van der Waals surface area contributed by atoms with Gasteiger partial charge in [0, 0.05) is 32.7 Å². The summed E-state index contributed by atoms with van der Waals surface area (Å²) in [6.45, 7) is 1.84. The summed E-state index contributed by atoms with van der Waals surface area (Å²) in [5.41, 5.74) is 1.84. The van der Waals surface area contributed by atoms with E-state index in [1.165, 1.54) is 6.07 Å². The number of nitrogens with zero attached hydrogens (tertiary/aromatic N) is 1. The van der Waals surface area contributed by atoms with Crippen molar-refractivity contribution < 1.29 is 37.5 Å². The summed E-state index contributed by atoms with van der Waals surface area (Å²) in [5.74, 6) is 0. The zero-order valence-electron chi connectivity index (χ0n) is 6.66. The minimum absolute atomic E-state index is 0. The third-order valence-electron chi connectivity index (χ3n) is 1.32. The van der Waals surface area contributed by atoms with E-state index in [2.05, 4.69) is 0 Å². The molecule has 0 saturated carbocycles. The fraction of sp³-hybridized carbons (Fsp3) is 0.111. The van der Waals surface area contributed by atoms with Gasteiger partial charge < -0.3 is 4.79 Å². The number of aryl methyl sites for hydroxylation is 1. The predicted molar refractivity (Wildman–Crippen MR) is 40.7 cm³/mol. The Hall–Kier alpha value is -0.516. The van der Waals surface area contributed by atoms with Crippen LogP contribution in [0.5, 0.6) is 0 Å². The van der Waals surface area contributed by atoms with E-state index in [1.807, 2.05) is 13.0 Å². The van der Waals surface area contributed by atoms with Crippen molar-refractivity contribution in [2.75, 3.05) is 0 Å². The van der Waals surface area contributed by atoms with Crippen LogP contribution in [-0.4, -0.2) is 6.29 Å². The summed E-state index contributed by atoms with van der Waals surface area (Å²) in [4.78, 5) is 10.2. The maximum absolute atomic E-state index is 10.2. The van der Waals surface area contributed by atoms with Gasteiger partial charge in [0.05, 0.1) is 12.4 Å². The zero-order chi connectivity index (χ0) is 8.27. The van der Waals surface area contributed by atoms with Gasteiger partial charge in [0.1, 0.15) is 0 Å². The van der Waals surface area contributed by atoms with Gasteiger partial charge in [-0.3, -0.25) is 0 Å². The molecule has 0 amide bonds. The van der Waals surface area contributed by atoms with Crippen LogP contribution < -0.4 is 0 Å². The number of hydrogen-bond donors (Lipinski definition) is 0. The summed E-state index contributed by atoms with van der Waals surface area (Å²) in [6.07, 6.45) is 1.74. The van der Waals surface area contributed by atoms with Gasteiger partial charge in [-0.1, -0.05) is 13.0 Å². The average molecular weight is 233 g/mol. The summed E-state index contributed by atoms with van der Waals surface area (Å²) >= 11 is 0. The molecule has 3 heteroatoms. The molecule has 0 fully saturated rings. The molecule has 0 atom stereocenters. The second-order valence-electron chi connectivity index (χ2n) is 2.30. The predicted octanol–water partition coefficient (Wildman–Crippen LogP) is 1.32. The Balaban J connectivity index is 0.00000121. The number of carbonyl (C=O) groups excluding carboxylic acids is 1. The molecule has 0 unspecified atom stereocenters. The van der Waals surface area contributed by atoms with E-state index in [4.69, 9.17) is 5.26 Å². The molecule has 57 valence electrons. The number of rotatable bonds is 1. The Kier molecular flexibility index (Phi) is 4.96. The molecule has 0 spiro atoms. The molecular weight excluding hydrogens is 227 g/mol. The molecule has 0 aromatic heterocycles. The third kappa shape index (κ3) is 2.85. The van der Waals surface area contributed by atoms with Crippen molar-refractivity contribution in [2.45, 2.75) is 6.92 Å². The van der Waals surface area contributed by atoms with Gasteiger partial charge in [-0.15, -0.1) is 17.2 Å². The van der Waals surface area contributed by atoms with Gasteiger partial charge in [-0.25, -0.2) is 0 Å². The Morgan fingerprint density at radius 1 is 1.42 bits per heavy atom. The van der Waals surface area contributed by atoms with Crippen molar-refractivity contribution in [3.8, 4) is 6.07 Å². The van der Waals surface area contributed by atoms with Crippen molar-refractivity contribution in [1.82, 2.24) is 0 Å². The molecule has 0 N–H and O–H groups in total. The summed E-state index contributed by atoms with van der Waals surface area (Å²) in [6, 6.07) is 6.89. The van der Waals surface area contributed by atoms with Crippen LogP contribution in [0.4, 0.5) is 0 Å². The van der Waals surface area contributed by atoms with Crippen LogP contribution in [0.3, 0.4) is 0 Å². The van der Waals surface area contributed by atoms with E-state index in [0.29, 0.717) is 11.1 Å². The Morgan fingerprint density at radius 3 is 2.58 bits per heavy atom. The van der Waals surface area contributed by atoms with Crippen molar-refractivity contribution in [3.63, 3.8) is 0 Å². The van der Waals surface area contributed by atoms with Crippen LogP contribution in [0, 0.1) is 18.3 Å². The van der Waals surface area contributed by atoms with Crippen LogP contribution in [0.2, 0.25) is 0 Å². The van der Waals surface area contributed by atoms with Gasteiger partial charge in [-0.05, 0) is 5.56 Å². The Morgan fingerprint density at radius 2 is 2.08 bits per heavy atom. The first kappa shape index (κ1) is 11.5. The first-order chi connectivity index (χ1) is 5.26. The molecule has 0 bridgehead atoms. The molecule has 0 saturated heterocycles. The molecule has 0 aliphatic rings. The molecule has 0 aliphatic heterocycles. The van der Waals surface area contributed by atoms with Crippen LogP contribution >= 0.6 is 0 Å². The molecule has 0 aliphatic carbocycles. The van der Waals surface area contributed by atoms with E-state index < -0.39 is 0 Å². The van der Waals surface area contributed by atoms with Crippen molar-refractivity contribution in [2.24, 2.45) is 0 Å². The minimum atomic E-state index is 0. The van der Waals surface area contributed by atoms with Crippen molar-refractivity contribution in [1.29, 1.82) is 5.26 Å². The molecule has 1 radical (unpaired) electrons. The van der Waals surface area contributed by atoms with Crippen LogP contribution in [0.25, 0.3) is 0 Å². The van der Waals surface area contributed by atoms with E-state index in [-0.39, 0.29) is 32.7 Å². The number of benzene rings is 1. The van der Waals surface area contributed by atoms with E-state index in [9.17, 15) is 4.79 Å². The molecular formula is C9H6NOY-. The third-order valence-corrected chi connectivity index (χ3v) is 1.32. The zero-order valence-corrected chi connectivity index (χ0v) is 9.50. The second-order valence-corrected chi connectivity index (χ2v) is 2.30. The number of nitriles is 1. The maximum Gasteiger partial charge on any atom is 0.0856 e. The SMILES string of the molecule is Cc1cc(C#N)cc([C-]=O)c1.[Y]. The summed E-state index contributed by atoms with van der Waals surface area (Å²) in [7, 11) is 0. The average Bonchev–Trinajstić information content (AvgIpc) is 2.03. The van der Waals surface area contributed by atoms with Gasteiger partial charge >= 0.3 is 0 Å². The Bertz CT molecular complexity index is 328. The minimum Gasteiger partial charge on any atom is -0.376 e. The molecule has 1 aromatic rings. The molecule has 1 aromatic carbocycles. The smallest absolute Gasteiger partial charge is 0.0856 e. The van der Waals surface area contributed by atoms with Gasteiger partial charge in [0.15, 0.2) is 0 Å². The van der Waals surface area contributed by atoms with Crippen LogP contribution in [0.1, 0.15) is 16.7 Å². The monoisotopic (exact) mass is 233 g/mol. The normalized spacial score (nSPS) is 8.00. The summed E-state index contributed by atoms with van der Waals surface area (Å²) in [5, 5.41) is 8.50. The molecule has 1 rings (SSSR count). The largest absolute Gasteiger partial charge is 0.376 e. The quantitative estimate of drug-likeness (QED) is 0.686. The molecule has 0 heterocycles. The fourth-order valence-corrected chi connectivity index (χ4v) is 0.907. The Labute approximate surface area is 96.5 Å². The number of hydrogen-bond acceptors (Lipinski definition) is 2. The second kappa shape index (κ2) is 5.19. The van der Waals surface area contributed by atoms with E-state index >= 15 is 0 Å².